The van der Waals surface area contributed by atoms with Gasteiger partial charge in [0.2, 0.25) is 0 Å². The Morgan fingerprint density at radius 3 is 1.54 bits per heavy atom. The molecule has 0 aliphatic heterocycles. The fraction of sp³-hybridized carbons (Fsp3) is 0.185. The first-order valence-electron chi connectivity index (χ1n) is 10.5. The fourth-order valence-corrected chi connectivity index (χ4v) is 2.52. The van der Waals surface area contributed by atoms with Gasteiger partial charge >= 0.3 is 23.9 Å². The van der Waals surface area contributed by atoms with Gasteiger partial charge in [-0.3, -0.25) is 0 Å². The monoisotopic (exact) mass is 478 g/mol. The van der Waals surface area contributed by atoms with E-state index in [0.29, 0.717) is 11.1 Å². The summed E-state index contributed by atoms with van der Waals surface area (Å²) in [6.45, 7) is 14.9. The lowest BCUT2D eigenvalue weighted by Gasteiger charge is -2.11. The molecule has 0 aliphatic rings. The van der Waals surface area contributed by atoms with Gasteiger partial charge in [0.05, 0.1) is 5.56 Å². The third kappa shape index (κ3) is 8.12. The van der Waals surface area contributed by atoms with Crippen LogP contribution < -0.4 is 9.47 Å². The van der Waals surface area contributed by atoms with Gasteiger partial charge in [0.25, 0.3) is 0 Å². The molecule has 0 radical (unpaired) electrons. The molecule has 0 spiro atoms. The van der Waals surface area contributed by atoms with Crippen LogP contribution in [-0.4, -0.2) is 37.1 Å². The third-order valence-corrected chi connectivity index (χ3v) is 4.35. The molecule has 0 aromatic heterocycles. The molecule has 0 aliphatic carbocycles. The van der Waals surface area contributed by atoms with Crippen LogP contribution in [0.4, 0.5) is 0 Å². The highest BCUT2D eigenvalue weighted by atomic mass is 16.6. The van der Waals surface area contributed by atoms with E-state index in [1.807, 2.05) is 0 Å². The van der Waals surface area contributed by atoms with Crippen LogP contribution in [0.3, 0.4) is 0 Å². The largest absolute Gasteiger partial charge is 0.459 e. The van der Waals surface area contributed by atoms with Crippen molar-refractivity contribution in [3.63, 3.8) is 0 Å². The lowest BCUT2D eigenvalue weighted by molar-refractivity contribution is -0.140. The number of hydrogen-bond acceptors (Lipinski definition) is 8. The smallest absolute Gasteiger partial charge is 0.338 e. The summed E-state index contributed by atoms with van der Waals surface area (Å²) in [5.41, 5.74) is 2.15. The van der Waals surface area contributed by atoms with Gasteiger partial charge in [0.1, 0.15) is 24.7 Å². The molecular formula is C27H26O8. The van der Waals surface area contributed by atoms with Gasteiger partial charge in [-0.2, -0.15) is 0 Å². The Morgan fingerprint density at radius 1 is 0.629 bits per heavy atom. The number of esters is 4. The van der Waals surface area contributed by atoms with Crippen molar-refractivity contribution in [3.8, 4) is 22.6 Å². The van der Waals surface area contributed by atoms with E-state index in [1.54, 1.807) is 36.4 Å². The van der Waals surface area contributed by atoms with Crippen molar-refractivity contribution in [1.82, 2.24) is 0 Å². The molecule has 0 saturated carbocycles. The molecule has 2 aromatic rings. The first-order chi connectivity index (χ1) is 16.5. The lowest BCUT2D eigenvalue weighted by Crippen LogP contribution is -2.14. The van der Waals surface area contributed by atoms with Gasteiger partial charge in [0, 0.05) is 22.8 Å². The van der Waals surface area contributed by atoms with Crippen LogP contribution in [0.15, 0.2) is 78.9 Å². The number of carbonyl (C=O) groups is 4. The Bertz CT molecular complexity index is 1140. The first kappa shape index (κ1) is 26.8. The molecule has 182 valence electrons. The maximum atomic E-state index is 12.2. The number of ether oxygens (including phenoxy) is 4. The summed E-state index contributed by atoms with van der Waals surface area (Å²) >= 11 is 0. The number of rotatable bonds is 10. The van der Waals surface area contributed by atoms with Crippen molar-refractivity contribution in [2.45, 2.75) is 20.8 Å². The molecule has 0 saturated heterocycles. The van der Waals surface area contributed by atoms with Gasteiger partial charge in [-0.05, 0) is 56.2 Å². The third-order valence-electron chi connectivity index (χ3n) is 4.35. The Balaban J connectivity index is 2.19. The molecule has 2 rings (SSSR count). The Morgan fingerprint density at radius 2 is 1.09 bits per heavy atom. The van der Waals surface area contributed by atoms with E-state index < -0.39 is 23.9 Å². The van der Waals surface area contributed by atoms with Gasteiger partial charge < -0.3 is 18.9 Å². The highest BCUT2D eigenvalue weighted by Crippen LogP contribution is 2.31. The highest BCUT2D eigenvalue weighted by molar-refractivity contribution is 5.91. The van der Waals surface area contributed by atoms with Crippen LogP contribution in [0.25, 0.3) is 11.1 Å². The minimum atomic E-state index is -0.633. The standard InChI is InChI=1S/C27H26O8/c1-16(2)24(28)32-11-12-33-27(31)20-9-7-19(8-10-20)21-13-22(34-25(29)17(3)4)15-23(14-21)35-26(30)18(5)6/h7-10,13-15H,1,3,5,11-12H2,2,4,6H3. The average molecular weight is 478 g/mol. The Kier molecular flexibility index (Phi) is 9.28. The SMILES string of the molecule is C=C(C)C(=O)OCCOC(=O)c1ccc(-c2cc(OC(=O)C(=C)C)cc(OC(=O)C(=C)C)c2)cc1. The molecule has 0 unspecified atom stereocenters. The molecule has 0 fully saturated rings. The second-order valence-corrected chi connectivity index (χ2v) is 7.66. The first-order valence-corrected chi connectivity index (χ1v) is 10.5. The van der Waals surface area contributed by atoms with E-state index in [-0.39, 0.29) is 47.0 Å². The minimum Gasteiger partial charge on any atom is -0.459 e. The maximum absolute atomic E-state index is 12.2. The van der Waals surface area contributed by atoms with Crippen LogP contribution in [-0.2, 0) is 23.9 Å². The van der Waals surface area contributed by atoms with Gasteiger partial charge in [-0.15, -0.1) is 0 Å². The Hall–Kier alpha value is -4.46. The molecule has 8 heteroatoms. The highest BCUT2D eigenvalue weighted by Gasteiger charge is 2.14. The fourth-order valence-electron chi connectivity index (χ4n) is 2.52. The van der Waals surface area contributed by atoms with Crippen LogP contribution in [0.5, 0.6) is 11.5 Å². The minimum absolute atomic E-state index is 0.0864. The van der Waals surface area contributed by atoms with E-state index >= 15 is 0 Å². The van der Waals surface area contributed by atoms with Gasteiger partial charge in [0.15, 0.2) is 0 Å². The molecule has 0 atom stereocenters. The van der Waals surface area contributed by atoms with Crippen molar-refractivity contribution in [3.05, 3.63) is 84.5 Å². The van der Waals surface area contributed by atoms with Crippen molar-refractivity contribution >= 4 is 23.9 Å². The average Bonchev–Trinajstić information content (AvgIpc) is 2.81. The second kappa shape index (κ2) is 12.1. The number of benzene rings is 2. The van der Waals surface area contributed by atoms with Crippen LogP contribution >= 0.6 is 0 Å². The van der Waals surface area contributed by atoms with Crippen molar-refractivity contribution in [2.24, 2.45) is 0 Å². The topological polar surface area (TPSA) is 105 Å². The van der Waals surface area contributed by atoms with E-state index in [4.69, 9.17) is 18.9 Å². The molecular weight excluding hydrogens is 452 g/mol. The predicted octanol–water partition coefficient (Wildman–Crippen LogP) is 4.59. The lowest BCUT2D eigenvalue weighted by atomic mass is 10.0. The van der Waals surface area contributed by atoms with Crippen molar-refractivity contribution < 1.29 is 38.1 Å². The van der Waals surface area contributed by atoms with Crippen molar-refractivity contribution in [1.29, 1.82) is 0 Å². The molecule has 35 heavy (non-hydrogen) atoms. The van der Waals surface area contributed by atoms with Crippen LogP contribution in [0, 0.1) is 0 Å². The zero-order valence-corrected chi connectivity index (χ0v) is 19.8. The van der Waals surface area contributed by atoms with Crippen LogP contribution in [0.1, 0.15) is 31.1 Å². The van der Waals surface area contributed by atoms with E-state index in [9.17, 15) is 19.2 Å². The molecule has 0 heterocycles. The summed E-state index contributed by atoms with van der Waals surface area (Å²) < 4.78 is 20.6. The molecule has 0 bridgehead atoms. The van der Waals surface area contributed by atoms with E-state index in [0.717, 1.165) is 0 Å². The molecule has 8 nitrogen and oxygen atoms in total. The normalized spacial score (nSPS) is 10.0. The molecule has 2 aromatic carbocycles. The van der Waals surface area contributed by atoms with Gasteiger partial charge in [-0.1, -0.05) is 31.9 Å². The zero-order valence-electron chi connectivity index (χ0n) is 19.8. The molecule has 0 amide bonds. The summed E-state index contributed by atoms with van der Waals surface area (Å²) in [6.07, 6.45) is 0. The summed E-state index contributed by atoms with van der Waals surface area (Å²) in [6, 6.07) is 11.0. The predicted molar refractivity (Wildman–Crippen MR) is 129 cm³/mol. The Labute approximate surface area is 203 Å². The van der Waals surface area contributed by atoms with E-state index in [2.05, 4.69) is 19.7 Å². The van der Waals surface area contributed by atoms with Gasteiger partial charge in [-0.25, -0.2) is 19.2 Å². The van der Waals surface area contributed by atoms with Crippen LogP contribution in [0.2, 0.25) is 0 Å². The van der Waals surface area contributed by atoms with Crippen molar-refractivity contribution in [2.75, 3.05) is 13.2 Å². The second-order valence-electron chi connectivity index (χ2n) is 7.66. The summed E-state index contributed by atoms with van der Waals surface area (Å²) in [5.74, 6) is -2.13. The quantitative estimate of drug-likeness (QED) is 0.211. The van der Waals surface area contributed by atoms with E-state index in [1.165, 1.54) is 26.8 Å². The molecule has 0 N–H and O–H groups in total. The number of carbonyl (C=O) groups excluding carboxylic acids is 4. The zero-order chi connectivity index (χ0) is 26.1. The summed E-state index contributed by atoms with van der Waals surface area (Å²) in [5, 5.41) is 0. The summed E-state index contributed by atoms with van der Waals surface area (Å²) in [7, 11) is 0. The number of hydrogen-bond donors (Lipinski definition) is 0. The maximum Gasteiger partial charge on any atom is 0.338 e. The summed E-state index contributed by atoms with van der Waals surface area (Å²) in [4.78, 5) is 47.5.